The van der Waals surface area contributed by atoms with Crippen molar-refractivity contribution in [3.63, 3.8) is 0 Å². The molecular weight excluding hydrogens is 228 g/mol. The number of likely N-dealkylation sites (tertiary alicyclic amines) is 1. The lowest BCUT2D eigenvalue weighted by molar-refractivity contribution is 0.0387. The lowest BCUT2D eigenvalue weighted by Gasteiger charge is -2.31. The molecule has 1 aliphatic heterocycles. The summed E-state index contributed by atoms with van der Waals surface area (Å²) in [5, 5.41) is 0. The van der Waals surface area contributed by atoms with E-state index in [1.165, 1.54) is 0 Å². The number of benzene rings is 1. The summed E-state index contributed by atoms with van der Waals surface area (Å²) in [4.78, 5) is 2.42. The van der Waals surface area contributed by atoms with Crippen LogP contribution in [0.4, 0.5) is 5.69 Å². The summed E-state index contributed by atoms with van der Waals surface area (Å²) in [7, 11) is 3.49. The van der Waals surface area contributed by atoms with E-state index < -0.39 is 0 Å². The van der Waals surface area contributed by atoms with Gasteiger partial charge in [-0.3, -0.25) is 4.90 Å². The van der Waals surface area contributed by atoms with Crippen LogP contribution in [0.15, 0.2) is 18.2 Å². The van der Waals surface area contributed by atoms with Gasteiger partial charge in [0, 0.05) is 38.0 Å². The summed E-state index contributed by atoms with van der Waals surface area (Å²) < 4.78 is 10.8. The highest BCUT2D eigenvalue weighted by Crippen LogP contribution is 2.24. The van der Waals surface area contributed by atoms with Crippen molar-refractivity contribution in [2.45, 2.75) is 25.5 Å². The molecule has 0 radical (unpaired) electrons. The van der Waals surface area contributed by atoms with Gasteiger partial charge < -0.3 is 15.2 Å². The average Bonchev–Trinajstić information content (AvgIpc) is 2.40. The highest BCUT2D eigenvalue weighted by molar-refractivity contribution is 5.47. The van der Waals surface area contributed by atoms with E-state index in [1.54, 1.807) is 14.2 Å². The SMILES string of the molecule is COc1ccc(N)cc1CN1CCC(OC)CC1. The van der Waals surface area contributed by atoms with Crippen LogP contribution in [0.3, 0.4) is 0 Å². The number of piperidine rings is 1. The van der Waals surface area contributed by atoms with E-state index in [1.807, 2.05) is 18.2 Å². The van der Waals surface area contributed by atoms with E-state index in [0.29, 0.717) is 6.10 Å². The van der Waals surface area contributed by atoms with Crippen molar-refractivity contribution in [3.05, 3.63) is 23.8 Å². The Kier molecular flexibility index (Phi) is 4.44. The van der Waals surface area contributed by atoms with Gasteiger partial charge >= 0.3 is 0 Å². The van der Waals surface area contributed by atoms with Gasteiger partial charge in [-0.25, -0.2) is 0 Å². The molecule has 0 aromatic heterocycles. The molecule has 0 saturated carbocycles. The van der Waals surface area contributed by atoms with Crippen LogP contribution in [0.1, 0.15) is 18.4 Å². The maximum absolute atomic E-state index is 5.84. The minimum atomic E-state index is 0.420. The Balaban J connectivity index is 1.99. The van der Waals surface area contributed by atoms with E-state index in [9.17, 15) is 0 Å². The molecule has 18 heavy (non-hydrogen) atoms. The van der Waals surface area contributed by atoms with Gasteiger partial charge in [-0.05, 0) is 31.0 Å². The first kappa shape index (κ1) is 13.2. The number of hydrogen-bond acceptors (Lipinski definition) is 4. The molecule has 1 aromatic rings. The molecule has 100 valence electrons. The number of anilines is 1. The highest BCUT2D eigenvalue weighted by Gasteiger charge is 2.19. The quantitative estimate of drug-likeness (QED) is 0.829. The van der Waals surface area contributed by atoms with Gasteiger partial charge in [0.05, 0.1) is 13.2 Å². The van der Waals surface area contributed by atoms with Crippen molar-refractivity contribution in [1.29, 1.82) is 0 Å². The monoisotopic (exact) mass is 250 g/mol. The minimum Gasteiger partial charge on any atom is -0.496 e. The Labute approximate surface area is 109 Å². The van der Waals surface area contributed by atoms with Crippen LogP contribution in [0.25, 0.3) is 0 Å². The Hall–Kier alpha value is -1.26. The van der Waals surface area contributed by atoms with Crippen molar-refractivity contribution in [3.8, 4) is 5.75 Å². The fraction of sp³-hybridized carbons (Fsp3) is 0.571. The van der Waals surface area contributed by atoms with Crippen molar-refractivity contribution in [2.75, 3.05) is 33.0 Å². The predicted octanol–water partition coefficient (Wildman–Crippen LogP) is 1.89. The molecule has 0 bridgehead atoms. The summed E-state index contributed by atoms with van der Waals surface area (Å²) in [6.07, 6.45) is 2.62. The molecule has 1 fully saturated rings. The van der Waals surface area contributed by atoms with Gasteiger partial charge in [-0.2, -0.15) is 0 Å². The molecule has 2 N–H and O–H groups in total. The summed E-state index contributed by atoms with van der Waals surface area (Å²) in [5.74, 6) is 0.915. The zero-order valence-corrected chi connectivity index (χ0v) is 11.2. The molecule has 0 spiro atoms. The standard InChI is InChI=1S/C14H22N2O2/c1-17-13-5-7-16(8-6-13)10-11-9-12(15)3-4-14(11)18-2/h3-4,9,13H,5-8,10,15H2,1-2H3. The number of rotatable bonds is 4. The van der Waals surface area contributed by atoms with Crippen molar-refractivity contribution >= 4 is 5.69 Å². The van der Waals surface area contributed by atoms with Gasteiger partial charge in [-0.15, -0.1) is 0 Å². The van der Waals surface area contributed by atoms with Gasteiger partial charge in [0.2, 0.25) is 0 Å². The maximum Gasteiger partial charge on any atom is 0.123 e. The average molecular weight is 250 g/mol. The van der Waals surface area contributed by atoms with Crippen LogP contribution in [0.5, 0.6) is 5.75 Å². The Bertz CT molecular complexity index is 387. The van der Waals surface area contributed by atoms with E-state index in [4.69, 9.17) is 15.2 Å². The summed E-state index contributed by atoms with van der Waals surface area (Å²) in [6.45, 7) is 3.03. The van der Waals surface area contributed by atoms with E-state index in [2.05, 4.69) is 4.90 Å². The third kappa shape index (κ3) is 3.15. The smallest absolute Gasteiger partial charge is 0.123 e. The molecule has 1 aliphatic rings. The number of methoxy groups -OCH3 is 2. The fourth-order valence-corrected chi connectivity index (χ4v) is 2.47. The maximum atomic E-state index is 5.84. The lowest BCUT2D eigenvalue weighted by Crippen LogP contribution is -2.36. The van der Waals surface area contributed by atoms with Gasteiger partial charge in [0.1, 0.15) is 5.75 Å². The third-order valence-electron chi connectivity index (χ3n) is 3.57. The Morgan fingerprint density at radius 3 is 2.61 bits per heavy atom. The van der Waals surface area contributed by atoms with Crippen molar-refractivity contribution < 1.29 is 9.47 Å². The summed E-state index contributed by atoms with van der Waals surface area (Å²) >= 11 is 0. The molecule has 1 heterocycles. The minimum absolute atomic E-state index is 0.420. The highest BCUT2D eigenvalue weighted by atomic mass is 16.5. The first-order valence-electron chi connectivity index (χ1n) is 6.40. The largest absolute Gasteiger partial charge is 0.496 e. The molecule has 4 nitrogen and oxygen atoms in total. The fourth-order valence-electron chi connectivity index (χ4n) is 2.47. The predicted molar refractivity (Wildman–Crippen MR) is 72.7 cm³/mol. The molecule has 0 unspecified atom stereocenters. The summed E-state index contributed by atoms with van der Waals surface area (Å²) in [5.41, 5.74) is 7.79. The van der Waals surface area contributed by atoms with Crippen molar-refractivity contribution in [2.24, 2.45) is 0 Å². The Morgan fingerprint density at radius 1 is 1.28 bits per heavy atom. The first-order chi connectivity index (χ1) is 8.72. The number of nitrogens with zero attached hydrogens (tertiary/aromatic N) is 1. The first-order valence-corrected chi connectivity index (χ1v) is 6.40. The molecule has 1 aromatic carbocycles. The number of nitrogens with two attached hydrogens (primary N) is 1. The molecule has 0 atom stereocenters. The zero-order chi connectivity index (χ0) is 13.0. The number of ether oxygens (including phenoxy) is 2. The van der Waals surface area contributed by atoms with Crippen LogP contribution in [0.2, 0.25) is 0 Å². The van der Waals surface area contributed by atoms with Crippen LogP contribution < -0.4 is 10.5 Å². The summed E-state index contributed by atoms with van der Waals surface area (Å²) in [6, 6.07) is 5.81. The topological polar surface area (TPSA) is 47.7 Å². The van der Waals surface area contributed by atoms with Crippen LogP contribution in [-0.4, -0.2) is 38.3 Å². The molecule has 0 aliphatic carbocycles. The third-order valence-corrected chi connectivity index (χ3v) is 3.57. The van der Waals surface area contributed by atoms with E-state index in [-0.39, 0.29) is 0 Å². The second kappa shape index (κ2) is 6.07. The van der Waals surface area contributed by atoms with Crippen LogP contribution >= 0.6 is 0 Å². The molecule has 4 heteroatoms. The second-order valence-electron chi connectivity index (χ2n) is 4.78. The zero-order valence-electron chi connectivity index (χ0n) is 11.2. The van der Waals surface area contributed by atoms with E-state index >= 15 is 0 Å². The molecular formula is C14H22N2O2. The van der Waals surface area contributed by atoms with Crippen LogP contribution in [-0.2, 0) is 11.3 Å². The second-order valence-corrected chi connectivity index (χ2v) is 4.78. The normalized spacial score (nSPS) is 17.9. The lowest BCUT2D eigenvalue weighted by atomic mass is 10.1. The van der Waals surface area contributed by atoms with E-state index in [0.717, 1.165) is 49.5 Å². The van der Waals surface area contributed by atoms with Gasteiger partial charge in [0.25, 0.3) is 0 Å². The van der Waals surface area contributed by atoms with Gasteiger partial charge in [-0.1, -0.05) is 0 Å². The molecule has 0 amide bonds. The number of nitrogen functional groups attached to an aromatic ring is 1. The van der Waals surface area contributed by atoms with Crippen molar-refractivity contribution in [1.82, 2.24) is 4.90 Å². The molecule has 2 rings (SSSR count). The van der Waals surface area contributed by atoms with Gasteiger partial charge in [0.15, 0.2) is 0 Å². The Morgan fingerprint density at radius 2 is 2.00 bits per heavy atom. The number of hydrogen-bond donors (Lipinski definition) is 1. The molecule has 1 saturated heterocycles. The van der Waals surface area contributed by atoms with Crippen LogP contribution in [0, 0.1) is 0 Å².